The Labute approximate surface area is 118 Å². The fraction of sp³-hybridized carbons (Fsp3) is 0.312. The number of methoxy groups -OCH3 is 1. The molecule has 1 aromatic heterocycles. The van der Waals surface area contributed by atoms with Crippen molar-refractivity contribution >= 4 is 17.1 Å². The minimum absolute atomic E-state index is 0.0596. The third-order valence-corrected chi connectivity index (χ3v) is 3.80. The average Bonchev–Trinajstić information content (AvgIpc) is 2.87. The molecular weight excluding hydrogens is 256 g/mol. The van der Waals surface area contributed by atoms with Gasteiger partial charge in [0.2, 0.25) is 5.78 Å². The third-order valence-electron chi connectivity index (χ3n) is 2.89. The van der Waals surface area contributed by atoms with Gasteiger partial charge in [0.25, 0.3) is 0 Å². The molecule has 19 heavy (non-hydrogen) atoms. The van der Waals surface area contributed by atoms with E-state index in [0.717, 1.165) is 17.7 Å². The first-order valence-corrected chi connectivity index (χ1v) is 7.24. The normalized spacial score (nSPS) is 10.7. The first-order valence-electron chi connectivity index (χ1n) is 6.36. The molecule has 0 aliphatic rings. The molecule has 0 aliphatic carbocycles. The molecule has 0 spiro atoms. The SMILES string of the molecule is COc1csc(C(=O)c2ccc(CC(C)C)cc2)c1. The number of rotatable bonds is 5. The number of ketones is 1. The van der Waals surface area contributed by atoms with Crippen LogP contribution in [0.4, 0.5) is 0 Å². The Hall–Kier alpha value is -1.61. The number of hydrogen-bond acceptors (Lipinski definition) is 3. The first kappa shape index (κ1) is 13.8. The van der Waals surface area contributed by atoms with Crippen molar-refractivity contribution in [2.24, 2.45) is 5.92 Å². The van der Waals surface area contributed by atoms with Gasteiger partial charge in [-0.15, -0.1) is 11.3 Å². The monoisotopic (exact) mass is 274 g/mol. The minimum Gasteiger partial charge on any atom is -0.496 e. The van der Waals surface area contributed by atoms with Crippen LogP contribution in [0.3, 0.4) is 0 Å². The molecule has 1 aromatic carbocycles. The van der Waals surface area contributed by atoms with Crippen LogP contribution in [0.2, 0.25) is 0 Å². The average molecular weight is 274 g/mol. The van der Waals surface area contributed by atoms with Crippen molar-refractivity contribution in [2.75, 3.05) is 7.11 Å². The second kappa shape index (κ2) is 6.02. The maximum absolute atomic E-state index is 12.3. The molecule has 2 aromatic rings. The number of carbonyl (C=O) groups is 1. The van der Waals surface area contributed by atoms with Crippen molar-refractivity contribution < 1.29 is 9.53 Å². The standard InChI is InChI=1S/C16H18O2S/c1-11(2)8-12-4-6-13(7-5-12)16(17)15-9-14(18-3)10-19-15/h4-7,9-11H,8H2,1-3H3. The summed E-state index contributed by atoms with van der Waals surface area (Å²) in [6, 6.07) is 9.68. The van der Waals surface area contributed by atoms with Crippen LogP contribution >= 0.6 is 11.3 Å². The van der Waals surface area contributed by atoms with Crippen LogP contribution in [0.15, 0.2) is 35.7 Å². The van der Waals surface area contributed by atoms with Gasteiger partial charge in [-0.05, 0) is 17.9 Å². The summed E-state index contributed by atoms with van der Waals surface area (Å²) in [4.78, 5) is 13.0. The summed E-state index contributed by atoms with van der Waals surface area (Å²) in [5.74, 6) is 1.43. The van der Waals surface area contributed by atoms with Gasteiger partial charge in [0.15, 0.2) is 0 Å². The van der Waals surface area contributed by atoms with Crippen LogP contribution in [0, 0.1) is 5.92 Å². The molecule has 2 nitrogen and oxygen atoms in total. The lowest BCUT2D eigenvalue weighted by Crippen LogP contribution is -2.00. The minimum atomic E-state index is 0.0596. The van der Waals surface area contributed by atoms with Gasteiger partial charge >= 0.3 is 0 Å². The lowest BCUT2D eigenvalue weighted by molar-refractivity contribution is 0.104. The van der Waals surface area contributed by atoms with E-state index in [2.05, 4.69) is 13.8 Å². The summed E-state index contributed by atoms with van der Waals surface area (Å²) in [6.45, 7) is 4.38. The molecule has 0 saturated heterocycles. The van der Waals surface area contributed by atoms with Gasteiger partial charge in [0.1, 0.15) is 5.75 Å². The lowest BCUT2D eigenvalue weighted by atomic mass is 10.0. The third kappa shape index (κ3) is 3.44. The van der Waals surface area contributed by atoms with Crippen LogP contribution in [0.25, 0.3) is 0 Å². The predicted octanol–water partition coefficient (Wildman–Crippen LogP) is 4.19. The summed E-state index contributed by atoms with van der Waals surface area (Å²) in [5, 5.41) is 1.85. The highest BCUT2D eigenvalue weighted by Crippen LogP contribution is 2.24. The van der Waals surface area contributed by atoms with Gasteiger partial charge in [-0.2, -0.15) is 0 Å². The van der Waals surface area contributed by atoms with E-state index in [9.17, 15) is 4.79 Å². The highest BCUT2D eigenvalue weighted by atomic mass is 32.1. The molecule has 0 N–H and O–H groups in total. The predicted molar refractivity (Wildman–Crippen MR) is 79.3 cm³/mol. The van der Waals surface area contributed by atoms with E-state index in [1.165, 1.54) is 16.9 Å². The maximum Gasteiger partial charge on any atom is 0.203 e. The van der Waals surface area contributed by atoms with Crippen molar-refractivity contribution in [1.29, 1.82) is 0 Å². The Bertz CT molecular complexity index is 552. The second-order valence-electron chi connectivity index (χ2n) is 4.97. The molecule has 0 radical (unpaired) electrons. The van der Waals surface area contributed by atoms with E-state index in [0.29, 0.717) is 10.8 Å². The van der Waals surface area contributed by atoms with E-state index in [1.807, 2.05) is 29.6 Å². The van der Waals surface area contributed by atoms with E-state index in [1.54, 1.807) is 13.2 Å². The topological polar surface area (TPSA) is 26.3 Å². The van der Waals surface area contributed by atoms with Crippen LogP contribution in [0.5, 0.6) is 5.75 Å². The number of ether oxygens (including phenoxy) is 1. The Balaban J connectivity index is 2.15. The second-order valence-corrected chi connectivity index (χ2v) is 5.89. The summed E-state index contributed by atoms with van der Waals surface area (Å²) in [7, 11) is 1.61. The van der Waals surface area contributed by atoms with Crippen LogP contribution < -0.4 is 4.74 Å². The summed E-state index contributed by atoms with van der Waals surface area (Å²) >= 11 is 1.42. The molecule has 0 aliphatic heterocycles. The Kier molecular flexibility index (Phi) is 4.38. The van der Waals surface area contributed by atoms with Crippen molar-refractivity contribution in [3.8, 4) is 5.75 Å². The maximum atomic E-state index is 12.3. The Morgan fingerprint density at radius 3 is 2.47 bits per heavy atom. The Morgan fingerprint density at radius 2 is 1.95 bits per heavy atom. The first-order chi connectivity index (χ1) is 9.10. The quantitative estimate of drug-likeness (QED) is 0.764. The van der Waals surface area contributed by atoms with Gasteiger partial charge in [0, 0.05) is 17.0 Å². The van der Waals surface area contributed by atoms with Crippen LogP contribution in [0.1, 0.15) is 34.6 Å². The van der Waals surface area contributed by atoms with E-state index >= 15 is 0 Å². The zero-order valence-electron chi connectivity index (χ0n) is 11.5. The molecule has 3 heteroatoms. The number of benzene rings is 1. The number of carbonyl (C=O) groups excluding carboxylic acids is 1. The van der Waals surface area contributed by atoms with Crippen LogP contribution in [-0.2, 0) is 6.42 Å². The number of hydrogen-bond donors (Lipinski definition) is 0. The highest BCUT2D eigenvalue weighted by molar-refractivity contribution is 7.12. The van der Waals surface area contributed by atoms with Gasteiger partial charge < -0.3 is 4.74 Å². The van der Waals surface area contributed by atoms with Crippen molar-refractivity contribution in [1.82, 2.24) is 0 Å². The molecule has 0 unspecified atom stereocenters. The van der Waals surface area contributed by atoms with Crippen LogP contribution in [-0.4, -0.2) is 12.9 Å². The van der Waals surface area contributed by atoms with Gasteiger partial charge in [-0.25, -0.2) is 0 Å². The lowest BCUT2D eigenvalue weighted by Gasteiger charge is -2.05. The molecule has 0 bridgehead atoms. The fourth-order valence-corrected chi connectivity index (χ4v) is 2.77. The summed E-state index contributed by atoms with van der Waals surface area (Å²) < 4.78 is 5.10. The molecule has 1 heterocycles. The van der Waals surface area contributed by atoms with E-state index < -0.39 is 0 Å². The summed E-state index contributed by atoms with van der Waals surface area (Å²) in [5.41, 5.74) is 2.01. The van der Waals surface area contributed by atoms with Crippen molar-refractivity contribution in [3.63, 3.8) is 0 Å². The largest absolute Gasteiger partial charge is 0.496 e. The van der Waals surface area contributed by atoms with E-state index in [4.69, 9.17) is 4.74 Å². The molecule has 0 saturated carbocycles. The number of thiophene rings is 1. The molecule has 0 amide bonds. The fourth-order valence-electron chi connectivity index (χ4n) is 1.95. The van der Waals surface area contributed by atoms with Crippen molar-refractivity contribution in [3.05, 3.63) is 51.7 Å². The highest BCUT2D eigenvalue weighted by Gasteiger charge is 2.12. The summed E-state index contributed by atoms with van der Waals surface area (Å²) in [6.07, 6.45) is 1.04. The Morgan fingerprint density at radius 1 is 1.26 bits per heavy atom. The van der Waals surface area contributed by atoms with Crippen molar-refractivity contribution in [2.45, 2.75) is 20.3 Å². The zero-order chi connectivity index (χ0) is 13.8. The molecule has 2 rings (SSSR count). The van der Waals surface area contributed by atoms with Gasteiger partial charge in [-0.3, -0.25) is 4.79 Å². The molecular formula is C16H18O2S. The molecule has 0 atom stereocenters. The van der Waals surface area contributed by atoms with Gasteiger partial charge in [0.05, 0.1) is 12.0 Å². The zero-order valence-corrected chi connectivity index (χ0v) is 12.3. The molecule has 0 fully saturated rings. The smallest absolute Gasteiger partial charge is 0.203 e. The van der Waals surface area contributed by atoms with E-state index in [-0.39, 0.29) is 5.78 Å². The van der Waals surface area contributed by atoms with Gasteiger partial charge in [-0.1, -0.05) is 38.1 Å². The molecule has 100 valence electrons.